The van der Waals surface area contributed by atoms with Gasteiger partial charge in [0.15, 0.2) is 5.92 Å². The maximum atomic E-state index is 11.0. The van der Waals surface area contributed by atoms with Crippen LogP contribution in [0, 0.1) is 5.92 Å². The van der Waals surface area contributed by atoms with Crippen LogP contribution in [0.15, 0.2) is 0 Å². The minimum absolute atomic E-state index is 1.00. The summed E-state index contributed by atoms with van der Waals surface area (Å²) in [6.45, 7) is -1.00. The van der Waals surface area contributed by atoms with Gasteiger partial charge in [0.2, 0.25) is 0 Å². The van der Waals surface area contributed by atoms with E-state index in [4.69, 9.17) is 20.4 Å². The first-order chi connectivity index (χ1) is 8.64. The van der Waals surface area contributed by atoms with E-state index in [-0.39, 0.29) is 0 Å². The molecule has 0 aliphatic heterocycles. The number of Topliss-reactive ketones (excluding diaryl/α,β-unsaturated/α-hetero) is 1. The number of hydrogen-bond donors (Lipinski definition) is 7. The SMILES string of the molecule is O=C(O)C(=O)C(C(=O)O)[C@@H](O)[C@@H](O)[C@H](O)[C@H](O)CO. The molecular formula is C9H14O10. The lowest BCUT2D eigenvalue weighted by molar-refractivity contribution is -0.169. The zero-order valence-corrected chi connectivity index (χ0v) is 9.45. The lowest BCUT2D eigenvalue weighted by Crippen LogP contribution is -2.52. The van der Waals surface area contributed by atoms with Gasteiger partial charge in [0.05, 0.1) is 6.61 Å². The molecule has 0 heterocycles. The van der Waals surface area contributed by atoms with Crippen molar-refractivity contribution in [3.63, 3.8) is 0 Å². The van der Waals surface area contributed by atoms with E-state index >= 15 is 0 Å². The van der Waals surface area contributed by atoms with E-state index in [0.29, 0.717) is 0 Å². The standard InChI is InChI=1S/C9H14O10/c10-1-2(11)4(12)7(15)5(13)3(8(16)17)6(14)9(18)19/h2-5,7,10-13,15H,1H2,(H,16,17)(H,18,19)/t2-,3?,4-,5-,7+/m1/s1. The van der Waals surface area contributed by atoms with Gasteiger partial charge in [0.25, 0.3) is 5.78 Å². The molecule has 0 rings (SSSR count). The van der Waals surface area contributed by atoms with Crippen molar-refractivity contribution in [1.29, 1.82) is 0 Å². The lowest BCUT2D eigenvalue weighted by Gasteiger charge is -2.27. The van der Waals surface area contributed by atoms with Crippen molar-refractivity contribution in [3.05, 3.63) is 0 Å². The molecule has 0 fully saturated rings. The highest BCUT2D eigenvalue weighted by molar-refractivity contribution is 6.37. The fourth-order valence-electron chi connectivity index (χ4n) is 1.28. The number of carboxylic acids is 2. The van der Waals surface area contributed by atoms with Gasteiger partial charge in [-0.2, -0.15) is 0 Å². The van der Waals surface area contributed by atoms with Crippen LogP contribution < -0.4 is 0 Å². The highest BCUT2D eigenvalue weighted by Gasteiger charge is 2.44. The third-order valence-electron chi connectivity index (χ3n) is 2.38. The third-order valence-corrected chi connectivity index (χ3v) is 2.38. The molecule has 10 nitrogen and oxygen atoms in total. The minimum Gasteiger partial charge on any atom is -0.481 e. The van der Waals surface area contributed by atoms with E-state index in [1.165, 1.54) is 0 Å². The molecule has 10 heteroatoms. The lowest BCUT2D eigenvalue weighted by atomic mass is 9.90. The van der Waals surface area contributed by atoms with Gasteiger partial charge in [-0.25, -0.2) is 4.79 Å². The monoisotopic (exact) mass is 282 g/mol. The zero-order valence-electron chi connectivity index (χ0n) is 9.45. The van der Waals surface area contributed by atoms with Gasteiger partial charge in [-0.05, 0) is 0 Å². The molecule has 0 aliphatic carbocycles. The Bertz CT molecular complexity index is 353. The van der Waals surface area contributed by atoms with Crippen molar-refractivity contribution in [2.45, 2.75) is 24.4 Å². The van der Waals surface area contributed by atoms with Crippen molar-refractivity contribution in [3.8, 4) is 0 Å². The molecule has 0 aliphatic rings. The summed E-state index contributed by atoms with van der Waals surface area (Å²) in [5.74, 6) is -8.58. The summed E-state index contributed by atoms with van der Waals surface area (Å²) in [6, 6.07) is 0. The topological polar surface area (TPSA) is 193 Å². The number of aliphatic carboxylic acids is 2. The fourth-order valence-corrected chi connectivity index (χ4v) is 1.28. The highest BCUT2D eigenvalue weighted by atomic mass is 16.4. The Morgan fingerprint density at radius 2 is 1.32 bits per heavy atom. The van der Waals surface area contributed by atoms with Crippen LogP contribution in [0.4, 0.5) is 0 Å². The smallest absolute Gasteiger partial charge is 0.373 e. The number of ketones is 1. The Hall–Kier alpha value is -1.59. The second-order valence-electron chi connectivity index (χ2n) is 3.71. The molecule has 0 saturated carbocycles. The van der Waals surface area contributed by atoms with Gasteiger partial charge in [-0.1, -0.05) is 0 Å². The first-order valence-corrected chi connectivity index (χ1v) is 4.98. The number of aliphatic hydroxyl groups is 5. The number of carbonyl (C=O) groups is 3. The Balaban J connectivity index is 5.11. The van der Waals surface area contributed by atoms with Crippen LogP contribution in [0.3, 0.4) is 0 Å². The van der Waals surface area contributed by atoms with Crippen LogP contribution in [0.2, 0.25) is 0 Å². The quantitative estimate of drug-likeness (QED) is 0.169. The number of hydrogen-bond acceptors (Lipinski definition) is 8. The molecule has 0 spiro atoms. The summed E-state index contributed by atoms with van der Waals surface area (Å²) < 4.78 is 0. The zero-order chi connectivity index (χ0) is 15.3. The van der Waals surface area contributed by atoms with Crippen molar-refractivity contribution < 1.29 is 50.1 Å². The van der Waals surface area contributed by atoms with Gasteiger partial charge >= 0.3 is 11.9 Å². The molecule has 0 bridgehead atoms. The van der Waals surface area contributed by atoms with Gasteiger partial charge in [0.1, 0.15) is 24.4 Å². The normalized spacial score (nSPS) is 19.0. The number of carboxylic acid groups (broad SMARTS) is 2. The van der Waals surface area contributed by atoms with Crippen molar-refractivity contribution in [1.82, 2.24) is 0 Å². The minimum atomic E-state index is -2.52. The molecule has 0 aromatic rings. The van der Waals surface area contributed by atoms with Crippen LogP contribution in [0.5, 0.6) is 0 Å². The van der Waals surface area contributed by atoms with Crippen molar-refractivity contribution in [2.24, 2.45) is 5.92 Å². The Morgan fingerprint density at radius 1 is 0.842 bits per heavy atom. The van der Waals surface area contributed by atoms with Gasteiger partial charge in [-0.15, -0.1) is 0 Å². The molecule has 0 aromatic carbocycles. The van der Waals surface area contributed by atoms with E-state index in [2.05, 4.69) is 0 Å². The van der Waals surface area contributed by atoms with E-state index in [0.717, 1.165) is 0 Å². The summed E-state index contributed by atoms with van der Waals surface area (Å²) in [6.07, 6.45) is -8.88. The van der Waals surface area contributed by atoms with E-state index < -0.39 is 54.7 Å². The first-order valence-electron chi connectivity index (χ1n) is 4.98. The molecule has 0 saturated heterocycles. The molecule has 5 atom stereocenters. The second-order valence-corrected chi connectivity index (χ2v) is 3.71. The summed E-state index contributed by atoms with van der Waals surface area (Å²) in [4.78, 5) is 32.1. The summed E-state index contributed by atoms with van der Waals surface area (Å²) >= 11 is 0. The van der Waals surface area contributed by atoms with Gasteiger partial charge in [-0.3, -0.25) is 9.59 Å². The second kappa shape index (κ2) is 7.11. The molecule has 110 valence electrons. The molecule has 1 unspecified atom stereocenters. The van der Waals surface area contributed by atoms with Crippen LogP contribution >= 0.6 is 0 Å². The van der Waals surface area contributed by atoms with Crippen molar-refractivity contribution in [2.75, 3.05) is 6.61 Å². The highest BCUT2D eigenvalue weighted by Crippen LogP contribution is 2.15. The summed E-state index contributed by atoms with van der Waals surface area (Å²) in [5.41, 5.74) is 0. The Morgan fingerprint density at radius 3 is 1.63 bits per heavy atom. The molecule has 0 aromatic heterocycles. The predicted molar refractivity (Wildman–Crippen MR) is 54.9 cm³/mol. The molecule has 0 amide bonds. The average molecular weight is 282 g/mol. The van der Waals surface area contributed by atoms with Gasteiger partial charge in [0, 0.05) is 0 Å². The van der Waals surface area contributed by atoms with Gasteiger partial charge < -0.3 is 35.7 Å². The maximum absolute atomic E-state index is 11.0. The van der Waals surface area contributed by atoms with Crippen LogP contribution in [0.25, 0.3) is 0 Å². The number of aliphatic hydroxyl groups excluding tert-OH is 5. The molecule has 0 radical (unpaired) electrons. The predicted octanol–water partition coefficient (Wildman–Crippen LogP) is -4.22. The largest absolute Gasteiger partial charge is 0.481 e. The number of carbonyl (C=O) groups excluding carboxylic acids is 1. The van der Waals surface area contributed by atoms with E-state index in [1.807, 2.05) is 0 Å². The maximum Gasteiger partial charge on any atom is 0.373 e. The number of rotatable bonds is 8. The summed E-state index contributed by atoms with van der Waals surface area (Å²) in [7, 11) is 0. The third kappa shape index (κ3) is 4.22. The van der Waals surface area contributed by atoms with Crippen LogP contribution in [-0.4, -0.2) is 84.5 Å². The van der Waals surface area contributed by atoms with Crippen LogP contribution in [0.1, 0.15) is 0 Å². The average Bonchev–Trinajstić information content (AvgIpc) is 2.35. The molecule has 7 N–H and O–H groups in total. The molecule has 19 heavy (non-hydrogen) atoms. The Labute approximate surface area is 106 Å². The molecular weight excluding hydrogens is 268 g/mol. The van der Waals surface area contributed by atoms with Crippen molar-refractivity contribution >= 4 is 17.7 Å². The van der Waals surface area contributed by atoms with Crippen LogP contribution in [-0.2, 0) is 14.4 Å². The first kappa shape index (κ1) is 17.4. The van der Waals surface area contributed by atoms with E-state index in [1.54, 1.807) is 0 Å². The van der Waals surface area contributed by atoms with E-state index in [9.17, 15) is 29.7 Å². The fraction of sp³-hybridized carbons (Fsp3) is 0.667. The summed E-state index contributed by atoms with van der Waals surface area (Å²) in [5, 5.41) is 62.5. The Kier molecular flexibility index (Phi) is 6.52.